The molecule has 0 N–H and O–H groups in total. The number of methoxy groups -OCH3 is 1. The van der Waals surface area contributed by atoms with Gasteiger partial charge >= 0.3 is 13.1 Å². The Balaban J connectivity index is 2.40. The van der Waals surface area contributed by atoms with Gasteiger partial charge in [0.05, 0.1) is 30.3 Å². The van der Waals surface area contributed by atoms with Gasteiger partial charge in [0.15, 0.2) is 0 Å². The van der Waals surface area contributed by atoms with E-state index in [-0.39, 0.29) is 12.0 Å². The van der Waals surface area contributed by atoms with E-state index in [9.17, 15) is 9.18 Å². The minimum atomic E-state index is -0.703. The largest absolute Gasteiger partial charge is 0.469 e. The highest BCUT2D eigenvalue weighted by Crippen LogP contribution is 2.42. The van der Waals surface area contributed by atoms with Gasteiger partial charge in [-0.3, -0.25) is 4.79 Å². The highest BCUT2D eigenvalue weighted by Gasteiger charge is 2.54. The SMILES string of the molecule is COC(=O)CC(B1OC(C)(C)C(C)(C)O1)c1ccc(F)c(C#N)c1. The Morgan fingerprint density at radius 3 is 2.42 bits per heavy atom. The fourth-order valence-corrected chi connectivity index (χ4v) is 2.55. The summed E-state index contributed by atoms with van der Waals surface area (Å²) in [5, 5.41) is 9.04. The molecule has 1 unspecified atom stereocenters. The van der Waals surface area contributed by atoms with E-state index in [2.05, 4.69) is 0 Å². The van der Waals surface area contributed by atoms with E-state index in [0.717, 1.165) is 0 Å². The van der Waals surface area contributed by atoms with Gasteiger partial charge in [-0.1, -0.05) is 6.07 Å². The van der Waals surface area contributed by atoms with E-state index in [0.29, 0.717) is 5.56 Å². The lowest BCUT2D eigenvalue weighted by Crippen LogP contribution is -2.41. The zero-order valence-electron chi connectivity index (χ0n) is 14.6. The number of halogens is 1. The highest BCUT2D eigenvalue weighted by atomic mass is 19.1. The molecule has 0 spiro atoms. The molecule has 2 rings (SSSR count). The molecule has 1 aliphatic heterocycles. The van der Waals surface area contributed by atoms with Crippen molar-refractivity contribution in [3.63, 3.8) is 0 Å². The molecule has 128 valence electrons. The Morgan fingerprint density at radius 1 is 1.33 bits per heavy atom. The number of carbonyl (C=O) groups is 1. The number of hydrogen-bond acceptors (Lipinski definition) is 5. The van der Waals surface area contributed by atoms with Crippen LogP contribution in [0.2, 0.25) is 0 Å². The van der Waals surface area contributed by atoms with Crippen LogP contribution in [0.5, 0.6) is 0 Å². The molecule has 0 radical (unpaired) electrons. The van der Waals surface area contributed by atoms with Crippen molar-refractivity contribution in [3.05, 3.63) is 35.1 Å². The summed E-state index contributed by atoms with van der Waals surface area (Å²) in [5.41, 5.74) is -0.621. The molecule has 1 aliphatic rings. The van der Waals surface area contributed by atoms with Crippen LogP contribution >= 0.6 is 0 Å². The van der Waals surface area contributed by atoms with Crippen molar-refractivity contribution in [3.8, 4) is 6.07 Å². The van der Waals surface area contributed by atoms with Crippen molar-refractivity contribution in [2.45, 2.75) is 51.1 Å². The number of rotatable bonds is 4. The van der Waals surface area contributed by atoms with Crippen molar-refractivity contribution in [2.24, 2.45) is 0 Å². The lowest BCUT2D eigenvalue weighted by atomic mass is 9.66. The predicted molar refractivity (Wildman–Crippen MR) is 86.6 cm³/mol. The number of hydrogen-bond donors (Lipinski definition) is 0. The third-order valence-electron chi connectivity index (χ3n) is 4.75. The summed E-state index contributed by atoms with van der Waals surface area (Å²) in [6, 6.07) is 5.98. The van der Waals surface area contributed by atoms with Gasteiger partial charge in [-0.25, -0.2) is 4.39 Å². The summed E-state index contributed by atoms with van der Waals surface area (Å²) >= 11 is 0. The fraction of sp³-hybridized carbons (Fsp3) is 0.529. The maximum Gasteiger partial charge on any atom is 0.466 e. The van der Waals surface area contributed by atoms with Gasteiger partial charge in [0.25, 0.3) is 0 Å². The molecule has 1 atom stereocenters. The van der Waals surface area contributed by atoms with Crippen LogP contribution in [0.15, 0.2) is 18.2 Å². The number of carbonyl (C=O) groups excluding carboxylic acids is 1. The zero-order valence-corrected chi connectivity index (χ0v) is 14.6. The molecule has 1 heterocycles. The van der Waals surface area contributed by atoms with Crippen molar-refractivity contribution >= 4 is 13.1 Å². The number of ether oxygens (including phenoxy) is 1. The summed E-state index contributed by atoms with van der Waals surface area (Å²) < 4.78 is 30.4. The molecule has 0 saturated carbocycles. The van der Waals surface area contributed by atoms with Crippen LogP contribution in [-0.4, -0.2) is 31.4 Å². The molecule has 1 aromatic carbocycles. The summed E-state index contributed by atoms with van der Waals surface area (Å²) in [4.78, 5) is 11.8. The van der Waals surface area contributed by atoms with Crippen LogP contribution < -0.4 is 0 Å². The van der Waals surface area contributed by atoms with Gasteiger partial charge in [0, 0.05) is 5.82 Å². The molecule has 0 aliphatic carbocycles. The van der Waals surface area contributed by atoms with Gasteiger partial charge in [0.1, 0.15) is 11.9 Å². The first-order chi connectivity index (χ1) is 11.1. The second-order valence-electron chi connectivity index (χ2n) is 6.86. The Morgan fingerprint density at radius 2 is 1.92 bits per heavy atom. The second-order valence-corrected chi connectivity index (χ2v) is 6.86. The molecule has 1 aromatic rings. The van der Waals surface area contributed by atoms with Crippen molar-refractivity contribution < 1.29 is 23.2 Å². The Bertz CT molecular complexity index is 668. The quantitative estimate of drug-likeness (QED) is 0.626. The third-order valence-corrected chi connectivity index (χ3v) is 4.75. The highest BCUT2D eigenvalue weighted by molar-refractivity contribution is 6.48. The minimum Gasteiger partial charge on any atom is -0.469 e. The molecule has 7 heteroatoms. The molecular formula is C17H21BFNO4. The molecule has 0 bridgehead atoms. The summed E-state index contributed by atoms with van der Waals surface area (Å²) in [5.74, 6) is -1.55. The van der Waals surface area contributed by atoms with Crippen molar-refractivity contribution in [2.75, 3.05) is 7.11 Å². The molecule has 24 heavy (non-hydrogen) atoms. The molecule has 0 amide bonds. The number of benzene rings is 1. The van der Waals surface area contributed by atoms with E-state index in [1.54, 1.807) is 0 Å². The van der Waals surface area contributed by atoms with Crippen LogP contribution in [0.1, 0.15) is 51.1 Å². The van der Waals surface area contributed by atoms with E-state index in [1.807, 2.05) is 33.8 Å². The van der Waals surface area contributed by atoms with Gasteiger partial charge in [0.2, 0.25) is 0 Å². The molecular weight excluding hydrogens is 312 g/mol. The first kappa shape index (κ1) is 18.4. The molecule has 0 aromatic heterocycles. The summed E-state index contributed by atoms with van der Waals surface area (Å²) in [6.45, 7) is 7.64. The Hall–Kier alpha value is -1.91. The molecule has 5 nitrogen and oxygen atoms in total. The van der Waals surface area contributed by atoms with E-state index in [1.165, 1.54) is 25.3 Å². The van der Waals surface area contributed by atoms with Gasteiger partial charge in [-0.05, 0) is 45.4 Å². The molecule has 1 saturated heterocycles. The number of nitriles is 1. The van der Waals surface area contributed by atoms with Crippen LogP contribution in [0.25, 0.3) is 0 Å². The van der Waals surface area contributed by atoms with Crippen LogP contribution in [-0.2, 0) is 18.8 Å². The number of nitrogens with zero attached hydrogens (tertiary/aromatic N) is 1. The van der Waals surface area contributed by atoms with Gasteiger partial charge in [-0.15, -0.1) is 0 Å². The average molecular weight is 333 g/mol. The van der Waals surface area contributed by atoms with Crippen LogP contribution in [0, 0.1) is 17.1 Å². The van der Waals surface area contributed by atoms with Crippen molar-refractivity contribution in [1.29, 1.82) is 5.26 Å². The normalized spacial score (nSPS) is 19.6. The number of esters is 1. The summed E-state index contributed by atoms with van der Waals surface area (Å²) in [6.07, 6.45) is 0.00380. The maximum absolute atomic E-state index is 13.6. The third kappa shape index (κ3) is 3.45. The molecule has 1 fully saturated rings. The average Bonchev–Trinajstić information content (AvgIpc) is 2.73. The summed E-state index contributed by atoms with van der Waals surface area (Å²) in [7, 11) is 0.598. The zero-order chi connectivity index (χ0) is 18.1. The first-order valence-electron chi connectivity index (χ1n) is 7.73. The Kier molecular flexibility index (Phi) is 5.02. The predicted octanol–water partition coefficient (Wildman–Crippen LogP) is 2.98. The van der Waals surface area contributed by atoms with Crippen LogP contribution in [0.4, 0.5) is 4.39 Å². The van der Waals surface area contributed by atoms with Crippen molar-refractivity contribution in [1.82, 2.24) is 0 Å². The fourth-order valence-electron chi connectivity index (χ4n) is 2.55. The maximum atomic E-state index is 13.6. The lowest BCUT2D eigenvalue weighted by molar-refractivity contribution is -0.140. The monoisotopic (exact) mass is 333 g/mol. The van der Waals surface area contributed by atoms with Crippen LogP contribution in [0.3, 0.4) is 0 Å². The van der Waals surface area contributed by atoms with E-state index in [4.69, 9.17) is 19.3 Å². The minimum absolute atomic E-state index is 0.00380. The standard InChI is InChI=1S/C17H21BFNO4/c1-16(2)17(3,4)24-18(23-16)13(9-15(21)22-5)11-6-7-14(19)12(8-11)10-20/h6-8,13H,9H2,1-5H3. The van der Waals surface area contributed by atoms with Gasteiger partial charge < -0.3 is 14.0 Å². The lowest BCUT2D eigenvalue weighted by Gasteiger charge is -2.32. The van der Waals surface area contributed by atoms with E-state index >= 15 is 0 Å². The topological polar surface area (TPSA) is 68.6 Å². The Labute approximate surface area is 141 Å². The first-order valence-corrected chi connectivity index (χ1v) is 7.73. The van der Waals surface area contributed by atoms with Gasteiger partial charge in [-0.2, -0.15) is 5.26 Å². The van der Waals surface area contributed by atoms with E-state index < -0.39 is 35.9 Å². The smallest absolute Gasteiger partial charge is 0.466 e. The second kappa shape index (κ2) is 6.54.